The fourth-order valence-corrected chi connectivity index (χ4v) is 3.19. The van der Waals surface area contributed by atoms with E-state index in [0.717, 1.165) is 23.7 Å². The SMILES string of the molecule is CCOc1ccc(CN(C)Cn2nc(-c3ccc(Cl)cc3)n(C)c2=S)cc1. The van der Waals surface area contributed by atoms with Crippen molar-refractivity contribution in [1.29, 1.82) is 0 Å². The van der Waals surface area contributed by atoms with Gasteiger partial charge in [-0.3, -0.25) is 4.90 Å². The number of nitrogens with zero attached hydrogens (tertiary/aromatic N) is 4. The first-order valence-corrected chi connectivity index (χ1v) is 9.56. The highest BCUT2D eigenvalue weighted by Crippen LogP contribution is 2.20. The lowest BCUT2D eigenvalue weighted by atomic mass is 10.2. The minimum Gasteiger partial charge on any atom is -0.494 e. The monoisotopic (exact) mass is 402 g/mol. The van der Waals surface area contributed by atoms with Crippen molar-refractivity contribution in [3.63, 3.8) is 0 Å². The molecule has 0 saturated carbocycles. The Morgan fingerprint density at radius 2 is 1.78 bits per heavy atom. The quantitative estimate of drug-likeness (QED) is 0.534. The van der Waals surface area contributed by atoms with Gasteiger partial charge in [-0.1, -0.05) is 23.7 Å². The number of benzene rings is 2. The minimum atomic E-state index is 0.605. The van der Waals surface area contributed by atoms with Gasteiger partial charge in [0.05, 0.1) is 13.3 Å². The normalized spacial score (nSPS) is 11.1. The first kappa shape index (κ1) is 19.6. The Kier molecular flexibility index (Phi) is 6.31. The van der Waals surface area contributed by atoms with Crippen LogP contribution < -0.4 is 4.74 Å². The van der Waals surface area contributed by atoms with Crippen molar-refractivity contribution < 1.29 is 4.74 Å². The molecule has 0 spiro atoms. The Hall–Kier alpha value is -2.15. The molecule has 0 N–H and O–H groups in total. The summed E-state index contributed by atoms with van der Waals surface area (Å²) in [4.78, 5) is 2.17. The highest BCUT2D eigenvalue weighted by Gasteiger charge is 2.11. The van der Waals surface area contributed by atoms with E-state index in [9.17, 15) is 0 Å². The summed E-state index contributed by atoms with van der Waals surface area (Å²) in [5.41, 5.74) is 2.20. The molecule has 0 bridgehead atoms. The van der Waals surface area contributed by atoms with Gasteiger partial charge in [0, 0.05) is 24.2 Å². The van der Waals surface area contributed by atoms with Crippen LogP contribution in [0.25, 0.3) is 11.4 Å². The van der Waals surface area contributed by atoms with Crippen molar-refractivity contribution in [2.75, 3.05) is 13.7 Å². The average Bonchev–Trinajstić information content (AvgIpc) is 2.93. The Labute approximate surface area is 169 Å². The molecule has 0 fully saturated rings. The molecule has 0 aliphatic heterocycles. The molecule has 7 heteroatoms. The maximum absolute atomic E-state index is 5.98. The third-order valence-electron chi connectivity index (χ3n) is 4.21. The lowest BCUT2D eigenvalue weighted by molar-refractivity contribution is 0.244. The zero-order valence-electron chi connectivity index (χ0n) is 15.7. The van der Waals surface area contributed by atoms with Gasteiger partial charge in [-0.15, -0.1) is 0 Å². The van der Waals surface area contributed by atoms with Gasteiger partial charge in [-0.05, 0) is 68.2 Å². The third kappa shape index (κ3) is 4.77. The van der Waals surface area contributed by atoms with E-state index in [-0.39, 0.29) is 0 Å². The fraction of sp³-hybridized carbons (Fsp3) is 0.300. The number of halogens is 1. The van der Waals surface area contributed by atoms with Gasteiger partial charge in [0.2, 0.25) is 0 Å². The zero-order valence-corrected chi connectivity index (χ0v) is 17.3. The molecule has 27 heavy (non-hydrogen) atoms. The molecule has 2 aromatic carbocycles. The van der Waals surface area contributed by atoms with Crippen LogP contribution >= 0.6 is 23.8 Å². The predicted molar refractivity (Wildman–Crippen MR) is 112 cm³/mol. The van der Waals surface area contributed by atoms with Crippen LogP contribution in [0.5, 0.6) is 5.75 Å². The largest absolute Gasteiger partial charge is 0.494 e. The lowest BCUT2D eigenvalue weighted by Gasteiger charge is -2.16. The van der Waals surface area contributed by atoms with E-state index >= 15 is 0 Å². The summed E-state index contributed by atoms with van der Waals surface area (Å²) in [6, 6.07) is 15.8. The molecule has 142 valence electrons. The van der Waals surface area contributed by atoms with Crippen molar-refractivity contribution in [3.05, 3.63) is 63.9 Å². The minimum absolute atomic E-state index is 0.605. The molecule has 0 aliphatic carbocycles. The van der Waals surface area contributed by atoms with Gasteiger partial charge in [0.1, 0.15) is 5.75 Å². The molecule has 1 aromatic heterocycles. The fourth-order valence-electron chi connectivity index (χ4n) is 2.88. The van der Waals surface area contributed by atoms with E-state index in [1.165, 1.54) is 5.56 Å². The third-order valence-corrected chi connectivity index (χ3v) is 4.94. The highest BCUT2D eigenvalue weighted by molar-refractivity contribution is 7.71. The van der Waals surface area contributed by atoms with Gasteiger partial charge >= 0.3 is 0 Å². The van der Waals surface area contributed by atoms with E-state index in [0.29, 0.717) is 23.1 Å². The van der Waals surface area contributed by atoms with Crippen LogP contribution in [0, 0.1) is 4.77 Å². The topological polar surface area (TPSA) is 35.2 Å². The maximum atomic E-state index is 5.98. The number of ether oxygens (including phenoxy) is 1. The second-order valence-electron chi connectivity index (χ2n) is 6.40. The second-order valence-corrected chi connectivity index (χ2v) is 7.21. The molecule has 0 amide bonds. The van der Waals surface area contributed by atoms with Gasteiger partial charge < -0.3 is 9.30 Å². The smallest absolute Gasteiger partial charge is 0.199 e. The standard InChI is InChI=1S/C20H23ClN4OS/c1-4-26-18-11-5-15(6-12-18)13-23(2)14-25-20(27)24(3)19(22-25)16-7-9-17(21)10-8-16/h5-12H,4,13-14H2,1-3H3. The van der Waals surface area contributed by atoms with Crippen LogP contribution in [0.3, 0.4) is 0 Å². The van der Waals surface area contributed by atoms with Crippen molar-refractivity contribution >= 4 is 23.8 Å². The molecule has 0 atom stereocenters. The van der Waals surface area contributed by atoms with Crippen LogP contribution in [0.1, 0.15) is 12.5 Å². The van der Waals surface area contributed by atoms with Crippen LogP contribution in [0.4, 0.5) is 0 Å². The van der Waals surface area contributed by atoms with Gasteiger partial charge in [-0.2, -0.15) is 5.10 Å². The molecule has 5 nitrogen and oxygen atoms in total. The molecule has 3 aromatic rings. The van der Waals surface area contributed by atoms with Crippen LogP contribution in [-0.4, -0.2) is 32.9 Å². The van der Waals surface area contributed by atoms with E-state index in [1.54, 1.807) is 0 Å². The van der Waals surface area contributed by atoms with E-state index in [1.807, 2.05) is 59.6 Å². The Bertz CT molecular complexity index is 948. The Morgan fingerprint density at radius 1 is 1.11 bits per heavy atom. The van der Waals surface area contributed by atoms with E-state index in [4.69, 9.17) is 33.7 Å². The summed E-state index contributed by atoms with van der Waals surface area (Å²) >= 11 is 11.5. The van der Waals surface area contributed by atoms with Crippen LogP contribution in [0.2, 0.25) is 5.02 Å². The number of hydrogen-bond acceptors (Lipinski definition) is 4. The summed E-state index contributed by atoms with van der Waals surface area (Å²) in [5.74, 6) is 1.72. The van der Waals surface area contributed by atoms with Gasteiger partial charge in [0.15, 0.2) is 10.6 Å². The Morgan fingerprint density at radius 3 is 2.41 bits per heavy atom. The summed E-state index contributed by atoms with van der Waals surface area (Å²) < 4.78 is 9.93. The first-order chi connectivity index (χ1) is 13.0. The number of hydrogen-bond donors (Lipinski definition) is 0. The predicted octanol–water partition coefficient (Wildman–Crippen LogP) is 4.76. The molecule has 0 unspecified atom stereocenters. The zero-order chi connectivity index (χ0) is 19.4. The van der Waals surface area contributed by atoms with E-state index in [2.05, 4.69) is 24.1 Å². The molecule has 1 heterocycles. The van der Waals surface area contributed by atoms with Gasteiger partial charge in [-0.25, -0.2) is 4.68 Å². The summed E-state index contributed by atoms with van der Waals surface area (Å²) in [6.07, 6.45) is 0. The van der Waals surface area contributed by atoms with Crippen molar-refractivity contribution in [1.82, 2.24) is 19.2 Å². The molecule has 0 saturated heterocycles. The molecular formula is C20H23ClN4OS. The maximum Gasteiger partial charge on any atom is 0.199 e. The van der Waals surface area contributed by atoms with Gasteiger partial charge in [0.25, 0.3) is 0 Å². The summed E-state index contributed by atoms with van der Waals surface area (Å²) in [6.45, 7) is 4.05. The van der Waals surface area contributed by atoms with Crippen LogP contribution in [-0.2, 0) is 20.3 Å². The van der Waals surface area contributed by atoms with Crippen LogP contribution in [0.15, 0.2) is 48.5 Å². The van der Waals surface area contributed by atoms with Crippen molar-refractivity contribution in [3.8, 4) is 17.1 Å². The van der Waals surface area contributed by atoms with Crippen molar-refractivity contribution in [2.24, 2.45) is 7.05 Å². The molecule has 3 rings (SSSR count). The Balaban J connectivity index is 1.72. The lowest BCUT2D eigenvalue weighted by Crippen LogP contribution is -2.22. The van der Waals surface area contributed by atoms with Crippen molar-refractivity contribution in [2.45, 2.75) is 20.1 Å². The highest BCUT2D eigenvalue weighted by atomic mass is 35.5. The number of rotatable bonds is 7. The summed E-state index contributed by atoms with van der Waals surface area (Å²) in [5, 5.41) is 5.40. The average molecular weight is 403 g/mol. The first-order valence-electron chi connectivity index (χ1n) is 8.78. The second kappa shape index (κ2) is 8.69. The number of aromatic nitrogens is 3. The molecule has 0 radical (unpaired) electrons. The summed E-state index contributed by atoms with van der Waals surface area (Å²) in [7, 11) is 3.98. The van der Waals surface area contributed by atoms with E-state index < -0.39 is 0 Å². The molecular weight excluding hydrogens is 380 g/mol. The molecule has 0 aliphatic rings.